The van der Waals surface area contributed by atoms with Gasteiger partial charge in [-0.05, 0) is 36.6 Å². The lowest BCUT2D eigenvalue weighted by molar-refractivity contribution is 0.135. The number of hydrogen-bond donors (Lipinski definition) is 0. The first-order chi connectivity index (χ1) is 16.1. The van der Waals surface area contributed by atoms with Crippen LogP contribution in [0.25, 0.3) is 0 Å². The predicted molar refractivity (Wildman–Crippen MR) is 123 cm³/mol. The molecule has 0 N–H and O–H groups in total. The summed E-state index contributed by atoms with van der Waals surface area (Å²) in [7, 11) is -3.83. The highest BCUT2D eigenvalue weighted by Gasteiger charge is 2.26. The second-order valence-corrected chi connectivity index (χ2v) is 10.2. The fraction of sp³-hybridized carbons (Fsp3) is 0.409. The number of thiazole rings is 1. The zero-order valence-electron chi connectivity index (χ0n) is 17.9. The fourth-order valence-electron chi connectivity index (χ4n) is 3.96. The molecule has 0 radical (unpaired) electrons. The van der Waals surface area contributed by atoms with Gasteiger partial charge < -0.3 is 9.64 Å². The number of aromatic nitrogens is 3. The van der Waals surface area contributed by atoms with Crippen LogP contribution in [0.4, 0.5) is 5.95 Å². The van der Waals surface area contributed by atoms with Crippen molar-refractivity contribution in [3.05, 3.63) is 64.4 Å². The molecule has 0 bridgehead atoms. The third-order valence-electron chi connectivity index (χ3n) is 5.81. The molecule has 9 nitrogen and oxygen atoms in total. The molecule has 5 rings (SSSR count). The SMILES string of the molecule is O=S1(=O)OCC(c2ccc(OCc3csc(C4CCN(c5ncccn5)CC4)n3)cc2)CO1. The van der Waals surface area contributed by atoms with Gasteiger partial charge in [-0.25, -0.2) is 23.3 Å². The minimum atomic E-state index is -3.83. The minimum absolute atomic E-state index is 0.0848. The van der Waals surface area contributed by atoms with Crippen molar-refractivity contribution in [2.75, 3.05) is 31.2 Å². The molecule has 2 fully saturated rings. The molecule has 174 valence electrons. The fourth-order valence-corrected chi connectivity index (χ4v) is 5.66. The Morgan fingerprint density at radius 1 is 1.03 bits per heavy atom. The Morgan fingerprint density at radius 3 is 2.42 bits per heavy atom. The van der Waals surface area contributed by atoms with Gasteiger partial charge in [-0.2, -0.15) is 8.42 Å². The average molecular weight is 489 g/mol. The van der Waals surface area contributed by atoms with Crippen molar-refractivity contribution in [1.82, 2.24) is 15.0 Å². The zero-order valence-corrected chi connectivity index (χ0v) is 19.5. The van der Waals surface area contributed by atoms with Gasteiger partial charge in [0.05, 0.1) is 23.9 Å². The van der Waals surface area contributed by atoms with Crippen LogP contribution in [0.2, 0.25) is 0 Å². The van der Waals surface area contributed by atoms with Crippen molar-refractivity contribution < 1.29 is 21.5 Å². The van der Waals surface area contributed by atoms with E-state index in [4.69, 9.17) is 18.1 Å². The highest BCUT2D eigenvalue weighted by atomic mass is 32.3. The Bertz CT molecular complexity index is 1150. The molecular formula is C22H24N4O5S2. The zero-order chi connectivity index (χ0) is 22.7. The first-order valence-corrected chi connectivity index (χ1v) is 13.0. The van der Waals surface area contributed by atoms with E-state index >= 15 is 0 Å². The quantitative estimate of drug-likeness (QED) is 0.517. The van der Waals surface area contributed by atoms with Crippen molar-refractivity contribution in [2.24, 2.45) is 0 Å². The van der Waals surface area contributed by atoms with E-state index < -0.39 is 10.4 Å². The number of ether oxygens (including phenoxy) is 1. The number of piperidine rings is 1. The van der Waals surface area contributed by atoms with Crippen molar-refractivity contribution in [2.45, 2.75) is 31.3 Å². The molecule has 4 heterocycles. The van der Waals surface area contributed by atoms with Gasteiger partial charge in [-0.3, -0.25) is 0 Å². The second-order valence-electron chi connectivity index (χ2n) is 8.02. The lowest BCUT2D eigenvalue weighted by Gasteiger charge is -2.30. The summed E-state index contributed by atoms with van der Waals surface area (Å²) >= 11 is 1.69. The Balaban J connectivity index is 1.11. The largest absolute Gasteiger partial charge is 0.487 e. The molecule has 0 amide bonds. The van der Waals surface area contributed by atoms with Gasteiger partial charge in [0.15, 0.2) is 0 Å². The molecule has 0 unspecified atom stereocenters. The standard InChI is InChI=1S/C22H24N4O5S2/c27-33(28)30-12-18(13-31-33)16-2-4-20(5-3-16)29-14-19-15-32-21(25-19)17-6-10-26(11-7-17)22-23-8-1-9-24-22/h1-5,8-9,15,17-18H,6-7,10-14H2. The number of nitrogens with zero attached hydrogens (tertiary/aromatic N) is 4. The summed E-state index contributed by atoms with van der Waals surface area (Å²) in [5.74, 6) is 1.86. The van der Waals surface area contributed by atoms with E-state index in [9.17, 15) is 8.42 Å². The molecule has 1 aromatic carbocycles. The van der Waals surface area contributed by atoms with Crippen molar-refractivity contribution in [1.29, 1.82) is 0 Å². The number of benzene rings is 1. The van der Waals surface area contributed by atoms with Gasteiger partial charge in [0.25, 0.3) is 0 Å². The topological polar surface area (TPSA) is 104 Å². The van der Waals surface area contributed by atoms with E-state index in [0.717, 1.165) is 53.9 Å². The molecule has 0 saturated carbocycles. The van der Waals surface area contributed by atoms with E-state index in [1.54, 1.807) is 23.7 Å². The lowest BCUT2D eigenvalue weighted by Crippen LogP contribution is -2.34. The second kappa shape index (κ2) is 9.72. The van der Waals surface area contributed by atoms with Gasteiger partial charge in [0.1, 0.15) is 12.4 Å². The molecule has 2 aliphatic rings. The average Bonchev–Trinajstić information content (AvgIpc) is 3.33. The molecule has 33 heavy (non-hydrogen) atoms. The summed E-state index contributed by atoms with van der Waals surface area (Å²) in [6.07, 6.45) is 5.62. The van der Waals surface area contributed by atoms with Crippen LogP contribution in [-0.2, 0) is 25.4 Å². The Kier molecular flexibility index (Phi) is 6.54. The van der Waals surface area contributed by atoms with Crippen LogP contribution in [0.15, 0.2) is 48.1 Å². The Hall–Kier alpha value is -2.60. The molecular weight excluding hydrogens is 464 g/mol. The van der Waals surface area contributed by atoms with E-state index in [1.165, 1.54) is 0 Å². The monoisotopic (exact) mass is 488 g/mol. The van der Waals surface area contributed by atoms with Gasteiger partial charge >= 0.3 is 10.4 Å². The highest BCUT2D eigenvalue weighted by molar-refractivity contribution is 7.81. The molecule has 3 aromatic rings. The Morgan fingerprint density at radius 2 is 1.73 bits per heavy atom. The molecule has 2 saturated heterocycles. The predicted octanol–water partition coefficient (Wildman–Crippen LogP) is 3.27. The van der Waals surface area contributed by atoms with Crippen molar-refractivity contribution >= 4 is 27.7 Å². The first-order valence-electron chi connectivity index (χ1n) is 10.8. The number of anilines is 1. The number of hydrogen-bond acceptors (Lipinski definition) is 10. The van der Waals surface area contributed by atoms with Crippen molar-refractivity contribution in [3.8, 4) is 5.75 Å². The Labute approximate surface area is 196 Å². The summed E-state index contributed by atoms with van der Waals surface area (Å²) in [4.78, 5) is 15.7. The van der Waals surface area contributed by atoms with E-state index in [1.807, 2.05) is 30.3 Å². The maximum Gasteiger partial charge on any atom is 0.399 e. The van der Waals surface area contributed by atoms with Crippen LogP contribution in [0.3, 0.4) is 0 Å². The molecule has 2 aromatic heterocycles. The normalized spacial score (nSPS) is 19.5. The van der Waals surface area contributed by atoms with Crippen LogP contribution >= 0.6 is 11.3 Å². The maximum absolute atomic E-state index is 11.2. The van der Waals surface area contributed by atoms with E-state index in [-0.39, 0.29) is 19.1 Å². The third-order valence-corrected chi connectivity index (χ3v) is 7.72. The van der Waals surface area contributed by atoms with Gasteiger partial charge in [0, 0.05) is 42.7 Å². The molecule has 0 aliphatic carbocycles. The maximum atomic E-state index is 11.2. The summed E-state index contributed by atoms with van der Waals surface area (Å²) < 4.78 is 37.8. The van der Waals surface area contributed by atoms with E-state index in [2.05, 4.69) is 20.2 Å². The lowest BCUT2D eigenvalue weighted by atomic mass is 9.98. The first kappa shape index (κ1) is 22.2. The van der Waals surface area contributed by atoms with Crippen molar-refractivity contribution in [3.63, 3.8) is 0 Å². The molecule has 2 aliphatic heterocycles. The molecule has 0 spiro atoms. The van der Waals surface area contributed by atoms with Crippen LogP contribution in [0.1, 0.15) is 40.9 Å². The summed E-state index contributed by atoms with van der Waals surface area (Å²) in [6, 6.07) is 9.38. The van der Waals surface area contributed by atoms with E-state index in [0.29, 0.717) is 12.5 Å². The molecule has 0 atom stereocenters. The third kappa shape index (κ3) is 5.49. The smallest absolute Gasteiger partial charge is 0.399 e. The highest BCUT2D eigenvalue weighted by Crippen LogP contribution is 2.31. The number of rotatable bonds is 6. The summed E-state index contributed by atoms with van der Waals surface area (Å²) in [5, 5.41) is 3.22. The summed E-state index contributed by atoms with van der Waals surface area (Å²) in [5.41, 5.74) is 1.87. The van der Waals surface area contributed by atoms with Gasteiger partial charge in [-0.15, -0.1) is 11.3 Å². The van der Waals surface area contributed by atoms with Crippen LogP contribution < -0.4 is 9.64 Å². The van der Waals surface area contributed by atoms with Gasteiger partial charge in [-0.1, -0.05) is 12.1 Å². The van der Waals surface area contributed by atoms with Crippen LogP contribution in [0.5, 0.6) is 5.75 Å². The van der Waals surface area contributed by atoms with Crippen LogP contribution in [-0.4, -0.2) is 49.7 Å². The minimum Gasteiger partial charge on any atom is -0.487 e. The van der Waals surface area contributed by atoms with Crippen LogP contribution in [0, 0.1) is 0 Å². The van der Waals surface area contributed by atoms with Gasteiger partial charge in [0.2, 0.25) is 5.95 Å². The molecule has 11 heteroatoms. The summed E-state index contributed by atoms with van der Waals surface area (Å²) in [6.45, 7) is 2.42.